The zero-order valence-corrected chi connectivity index (χ0v) is 9.59. The molecule has 0 radical (unpaired) electrons. The molecule has 0 saturated carbocycles. The van der Waals surface area contributed by atoms with Gasteiger partial charge in [0.1, 0.15) is 11.3 Å². The first kappa shape index (κ1) is 9.29. The van der Waals surface area contributed by atoms with Crippen LogP contribution in [0.4, 0.5) is 0 Å². The number of nitrogens with zero attached hydrogens (tertiary/aromatic N) is 2. The predicted molar refractivity (Wildman–Crippen MR) is 60.3 cm³/mol. The van der Waals surface area contributed by atoms with Gasteiger partial charge in [0.25, 0.3) is 0 Å². The molecule has 14 heavy (non-hydrogen) atoms. The van der Waals surface area contributed by atoms with E-state index in [-0.39, 0.29) is 0 Å². The van der Waals surface area contributed by atoms with E-state index in [2.05, 4.69) is 26.8 Å². The van der Waals surface area contributed by atoms with Gasteiger partial charge in [-0.1, -0.05) is 0 Å². The molecule has 0 bridgehead atoms. The Bertz CT molecular complexity index is 546. The van der Waals surface area contributed by atoms with E-state index in [1.807, 2.05) is 30.5 Å². The molecular formula is C11H9BrN2. The van der Waals surface area contributed by atoms with Gasteiger partial charge in [0, 0.05) is 10.7 Å². The fourth-order valence-electron chi connectivity index (χ4n) is 1.41. The fourth-order valence-corrected chi connectivity index (χ4v) is 1.73. The lowest BCUT2D eigenvalue weighted by molar-refractivity contribution is 1.09. The van der Waals surface area contributed by atoms with E-state index in [0.717, 1.165) is 21.4 Å². The molecule has 0 saturated heterocycles. The molecule has 0 aromatic carbocycles. The summed E-state index contributed by atoms with van der Waals surface area (Å²) in [6, 6.07) is 2.01. The van der Waals surface area contributed by atoms with Crippen molar-refractivity contribution < 1.29 is 0 Å². The smallest absolute Gasteiger partial charge is 0.138 e. The second-order valence-corrected chi connectivity index (χ2v) is 4.08. The number of rotatable bonds is 0. The summed E-state index contributed by atoms with van der Waals surface area (Å²) in [5.74, 6) is 2.58. The molecule has 2 aromatic rings. The SMILES string of the molecule is C#Cc1nc2cc(C)c(Br)cn2c1C. The first-order valence-corrected chi connectivity index (χ1v) is 5.04. The Morgan fingerprint density at radius 3 is 2.86 bits per heavy atom. The maximum absolute atomic E-state index is 5.35. The van der Waals surface area contributed by atoms with Crippen molar-refractivity contribution in [1.82, 2.24) is 9.38 Å². The molecule has 0 unspecified atom stereocenters. The van der Waals surface area contributed by atoms with Gasteiger partial charge in [0.05, 0.1) is 5.69 Å². The molecule has 0 aliphatic heterocycles. The molecule has 3 heteroatoms. The van der Waals surface area contributed by atoms with Crippen LogP contribution in [0.5, 0.6) is 0 Å². The number of hydrogen-bond donors (Lipinski definition) is 0. The van der Waals surface area contributed by atoms with Gasteiger partial charge >= 0.3 is 0 Å². The summed E-state index contributed by atoms with van der Waals surface area (Å²) >= 11 is 3.48. The van der Waals surface area contributed by atoms with Crippen LogP contribution in [0.1, 0.15) is 17.0 Å². The van der Waals surface area contributed by atoms with Crippen LogP contribution >= 0.6 is 15.9 Å². The molecule has 0 aliphatic rings. The summed E-state index contributed by atoms with van der Waals surface area (Å²) in [6.45, 7) is 4.00. The van der Waals surface area contributed by atoms with Crippen molar-refractivity contribution in [2.24, 2.45) is 0 Å². The van der Waals surface area contributed by atoms with Gasteiger partial charge < -0.3 is 4.40 Å². The molecular weight excluding hydrogens is 240 g/mol. The number of halogens is 1. The van der Waals surface area contributed by atoms with Gasteiger partial charge in [-0.25, -0.2) is 4.98 Å². The Balaban J connectivity index is 2.88. The molecule has 0 aliphatic carbocycles. The minimum Gasteiger partial charge on any atom is -0.302 e. The number of terminal acetylenes is 1. The summed E-state index contributed by atoms with van der Waals surface area (Å²) in [5.41, 5.74) is 3.77. The highest BCUT2D eigenvalue weighted by molar-refractivity contribution is 9.10. The molecule has 2 nitrogen and oxygen atoms in total. The van der Waals surface area contributed by atoms with Gasteiger partial charge in [-0.15, -0.1) is 6.42 Å². The van der Waals surface area contributed by atoms with Crippen LogP contribution in [0.15, 0.2) is 16.7 Å². The lowest BCUT2D eigenvalue weighted by Crippen LogP contribution is -1.89. The molecule has 0 fully saturated rings. The molecule has 2 aromatic heterocycles. The normalized spacial score (nSPS) is 10.4. The van der Waals surface area contributed by atoms with Gasteiger partial charge in [0.2, 0.25) is 0 Å². The molecule has 0 atom stereocenters. The Kier molecular flexibility index (Phi) is 2.09. The van der Waals surface area contributed by atoms with Gasteiger partial charge in [-0.05, 0) is 47.3 Å². The third-order valence-corrected chi connectivity index (χ3v) is 3.11. The van der Waals surface area contributed by atoms with Crippen LogP contribution in [0.3, 0.4) is 0 Å². The van der Waals surface area contributed by atoms with Crippen molar-refractivity contribution in [3.05, 3.63) is 33.7 Å². The molecule has 70 valence electrons. The summed E-state index contributed by atoms with van der Waals surface area (Å²) < 4.78 is 3.06. The first-order chi connectivity index (χ1) is 6.63. The van der Waals surface area contributed by atoms with Crippen LogP contribution in [-0.2, 0) is 0 Å². The van der Waals surface area contributed by atoms with Crippen LogP contribution in [0.25, 0.3) is 5.65 Å². The maximum atomic E-state index is 5.35. The molecule has 2 heterocycles. The third-order valence-electron chi connectivity index (χ3n) is 2.28. The van der Waals surface area contributed by atoms with E-state index < -0.39 is 0 Å². The Morgan fingerprint density at radius 2 is 2.21 bits per heavy atom. The van der Waals surface area contributed by atoms with E-state index in [1.165, 1.54) is 0 Å². The van der Waals surface area contributed by atoms with Crippen molar-refractivity contribution in [3.8, 4) is 12.3 Å². The highest BCUT2D eigenvalue weighted by Gasteiger charge is 2.07. The topological polar surface area (TPSA) is 17.3 Å². The average molecular weight is 249 g/mol. The number of pyridine rings is 1. The maximum Gasteiger partial charge on any atom is 0.138 e. The van der Waals surface area contributed by atoms with Gasteiger partial charge in [-0.2, -0.15) is 0 Å². The van der Waals surface area contributed by atoms with Crippen molar-refractivity contribution in [3.63, 3.8) is 0 Å². The second kappa shape index (κ2) is 3.14. The Labute approximate surface area is 91.1 Å². The fraction of sp³-hybridized carbons (Fsp3) is 0.182. The summed E-state index contributed by atoms with van der Waals surface area (Å²) in [7, 11) is 0. The summed E-state index contributed by atoms with van der Waals surface area (Å²) in [4.78, 5) is 4.34. The van der Waals surface area contributed by atoms with Gasteiger partial charge in [-0.3, -0.25) is 0 Å². The lowest BCUT2D eigenvalue weighted by atomic mass is 10.3. The van der Waals surface area contributed by atoms with Crippen LogP contribution in [0, 0.1) is 26.2 Å². The average Bonchev–Trinajstić information content (AvgIpc) is 2.45. The second-order valence-electron chi connectivity index (χ2n) is 3.22. The zero-order chi connectivity index (χ0) is 10.3. The van der Waals surface area contributed by atoms with Gasteiger partial charge in [0.15, 0.2) is 0 Å². The lowest BCUT2D eigenvalue weighted by Gasteiger charge is -2.00. The minimum atomic E-state index is 0.711. The first-order valence-electron chi connectivity index (χ1n) is 4.25. The number of fused-ring (bicyclic) bond motifs is 1. The van der Waals surface area contributed by atoms with Crippen molar-refractivity contribution in [2.75, 3.05) is 0 Å². The van der Waals surface area contributed by atoms with E-state index >= 15 is 0 Å². The summed E-state index contributed by atoms with van der Waals surface area (Å²) in [5, 5.41) is 0. The number of aryl methyl sites for hydroxylation is 2. The molecule has 0 N–H and O–H groups in total. The largest absolute Gasteiger partial charge is 0.302 e. The number of hydrogen-bond acceptors (Lipinski definition) is 1. The van der Waals surface area contributed by atoms with Crippen molar-refractivity contribution >= 4 is 21.6 Å². The molecule has 0 spiro atoms. The standard InChI is InChI=1S/C11H9BrN2/c1-4-10-8(3)14-6-9(12)7(2)5-11(14)13-10/h1,5-6H,2-3H3. The zero-order valence-electron chi connectivity index (χ0n) is 8.00. The monoisotopic (exact) mass is 248 g/mol. The Morgan fingerprint density at radius 1 is 1.50 bits per heavy atom. The van der Waals surface area contributed by atoms with Crippen LogP contribution in [-0.4, -0.2) is 9.38 Å². The highest BCUT2D eigenvalue weighted by atomic mass is 79.9. The molecule has 0 amide bonds. The van der Waals surface area contributed by atoms with E-state index in [4.69, 9.17) is 6.42 Å². The van der Waals surface area contributed by atoms with Crippen molar-refractivity contribution in [1.29, 1.82) is 0 Å². The van der Waals surface area contributed by atoms with E-state index in [1.54, 1.807) is 0 Å². The Hall–Kier alpha value is -1.27. The van der Waals surface area contributed by atoms with Crippen LogP contribution in [0.2, 0.25) is 0 Å². The summed E-state index contributed by atoms with van der Waals surface area (Å²) in [6.07, 6.45) is 7.35. The third kappa shape index (κ3) is 1.23. The van der Waals surface area contributed by atoms with Crippen molar-refractivity contribution in [2.45, 2.75) is 13.8 Å². The van der Waals surface area contributed by atoms with Crippen LogP contribution < -0.4 is 0 Å². The molecule has 2 rings (SSSR count). The highest BCUT2D eigenvalue weighted by Crippen LogP contribution is 2.20. The van der Waals surface area contributed by atoms with E-state index in [9.17, 15) is 0 Å². The minimum absolute atomic E-state index is 0.711. The predicted octanol–water partition coefficient (Wildman–Crippen LogP) is 2.69. The van der Waals surface area contributed by atoms with E-state index in [0.29, 0.717) is 5.69 Å². The number of aromatic nitrogens is 2. The quantitative estimate of drug-likeness (QED) is 0.656. The number of imidazole rings is 1.